The summed E-state index contributed by atoms with van der Waals surface area (Å²) in [6, 6.07) is 15.0. The van der Waals surface area contributed by atoms with Gasteiger partial charge in [-0.3, -0.25) is 9.36 Å². The highest BCUT2D eigenvalue weighted by atomic mass is 35.5. The van der Waals surface area contributed by atoms with E-state index < -0.39 is 21.8 Å². The largest absolute Gasteiger partial charge is 0.484 e. The molecule has 184 valence electrons. The minimum absolute atomic E-state index is 0.0770. The average molecular weight is 533 g/mol. The summed E-state index contributed by atoms with van der Waals surface area (Å²) in [6.07, 6.45) is 2.51. The van der Waals surface area contributed by atoms with Gasteiger partial charge in [0.1, 0.15) is 37.9 Å². The van der Waals surface area contributed by atoms with Crippen LogP contribution in [0.15, 0.2) is 54.9 Å². The first-order valence-corrected chi connectivity index (χ1v) is 14.1. The standard InChI is InChI=1S/C24H25ClN4O4S2/c1-15(17-5-3-4-6-18(17)25)33-21-12-22(34-23(21)24(26)30)29-14-28-19-8-7-16(11-20(19)29)13-27-9-10-35(2,31)32/h3-8,11-12,14-15,27H,9-10,13H2,1-2H3,(H2,26,30)/t15-/m1/s1. The fraction of sp³-hybridized carbons (Fsp3) is 0.250. The Hall–Kier alpha value is -2.92. The lowest BCUT2D eigenvalue weighted by Gasteiger charge is -2.16. The Kier molecular flexibility index (Phi) is 7.46. The van der Waals surface area contributed by atoms with Crippen molar-refractivity contribution in [3.05, 3.63) is 75.9 Å². The van der Waals surface area contributed by atoms with Gasteiger partial charge in [-0.1, -0.05) is 35.9 Å². The number of ether oxygens (including phenoxy) is 1. The van der Waals surface area contributed by atoms with Gasteiger partial charge in [0.15, 0.2) is 0 Å². The van der Waals surface area contributed by atoms with Gasteiger partial charge >= 0.3 is 0 Å². The molecule has 0 bridgehead atoms. The van der Waals surface area contributed by atoms with Crippen LogP contribution in [0.4, 0.5) is 0 Å². The minimum Gasteiger partial charge on any atom is -0.484 e. The number of hydrogen-bond donors (Lipinski definition) is 2. The number of aromatic nitrogens is 2. The maximum Gasteiger partial charge on any atom is 0.262 e. The summed E-state index contributed by atoms with van der Waals surface area (Å²) >= 11 is 7.53. The molecule has 35 heavy (non-hydrogen) atoms. The van der Waals surface area contributed by atoms with E-state index in [-0.39, 0.29) is 5.75 Å². The van der Waals surface area contributed by atoms with E-state index >= 15 is 0 Å². The van der Waals surface area contributed by atoms with Gasteiger partial charge in [0, 0.05) is 36.0 Å². The molecule has 0 aliphatic heterocycles. The van der Waals surface area contributed by atoms with E-state index in [1.165, 1.54) is 17.6 Å². The molecule has 1 amide bonds. The molecule has 0 aliphatic carbocycles. The number of imidazole rings is 1. The Morgan fingerprint density at radius 1 is 1.26 bits per heavy atom. The number of nitrogens with one attached hydrogen (secondary N) is 1. The second-order valence-corrected chi connectivity index (χ2v) is 11.9. The molecule has 2 aromatic heterocycles. The number of fused-ring (bicyclic) bond motifs is 1. The summed E-state index contributed by atoms with van der Waals surface area (Å²) in [6.45, 7) is 2.74. The molecule has 8 nitrogen and oxygen atoms in total. The second-order valence-electron chi connectivity index (χ2n) is 8.17. The normalized spacial score (nSPS) is 12.7. The number of nitrogens with zero attached hydrogens (tertiary/aromatic N) is 2. The highest BCUT2D eigenvalue weighted by Crippen LogP contribution is 2.37. The van der Waals surface area contributed by atoms with Crippen molar-refractivity contribution in [1.82, 2.24) is 14.9 Å². The number of amides is 1. The molecule has 2 heterocycles. The van der Waals surface area contributed by atoms with Crippen LogP contribution < -0.4 is 15.8 Å². The maximum atomic E-state index is 12.2. The maximum absolute atomic E-state index is 12.2. The first-order chi connectivity index (χ1) is 16.6. The van der Waals surface area contributed by atoms with E-state index in [1.54, 1.807) is 18.5 Å². The first-order valence-electron chi connectivity index (χ1n) is 10.8. The number of thiophene rings is 1. The van der Waals surface area contributed by atoms with Crippen LogP contribution in [0.3, 0.4) is 0 Å². The molecule has 0 saturated carbocycles. The number of rotatable bonds is 10. The number of carbonyl (C=O) groups is 1. The fourth-order valence-corrected chi connectivity index (χ4v) is 5.36. The van der Waals surface area contributed by atoms with Gasteiger partial charge in [0.05, 0.1) is 16.8 Å². The molecule has 4 aromatic rings. The Morgan fingerprint density at radius 2 is 2.03 bits per heavy atom. The number of benzene rings is 2. The quantitative estimate of drug-likeness (QED) is 0.297. The molecule has 0 radical (unpaired) electrons. The van der Waals surface area contributed by atoms with E-state index in [4.69, 9.17) is 22.1 Å². The van der Waals surface area contributed by atoms with Crippen LogP contribution in [-0.2, 0) is 16.4 Å². The molecule has 1 atom stereocenters. The van der Waals surface area contributed by atoms with Crippen molar-refractivity contribution in [2.45, 2.75) is 19.6 Å². The smallest absolute Gasteiger partial charge is 0.262 e. The Balaban J connectivity index is 1.60. The van der Waals surface area contributed by atoms with E-state index in [0.717, 1.165) is 27.2 Å². The third-order valence-corrected chi connectivity index (χ3v) is 7.80. The zero-order valence-corrected chi connectivity index (χ0v) is 21.6. The highest BCUT2D eigenvalue weighted by molar-refractivity contribution is 7.90. The van der Waals surface area contributed by atoms with Crippen molar-refractivity contribution in [2.75, 3.05) is 18.6 Å². The van der Waals surface area contributed by atoms with E-state index in [9.17, 15) is 13.2 Å². The van der Waals surface area contributed by atoms with Crippen LogP contribution in [0.5, 0.6) is 5.75 Å². The summed E-state index contributed by atoms with van der Waals surface area (Å²) in [4.78, 5) is 16.9. The summed E-state index contributed by atoms with van der Waals surface area (Å²) < 4.78 is 30.6. The van der Waals surface area contributed by atoms with Crippen molar-refractivity contribution in [3.8, 4) is 10.8 Å². The van der Waals surface area contributed by atoms with Gasteiger partial charge in [0.25, 0.3) is 5.91 Å². The number of halogens is 1. The van der Waals surface area contributed by atoms with Crippen molar-refractivity contribution in [2.24, 2.45) is 5.73 Å². The molecule has 11 heteroatoms. The van der Waals surface area contributed by atoms with Gasteiger partial charge in [-0.05, 0) is 30.7 Å². The monoisotopic (exact) mass is 532 g/mol. The molecule has 2 aromatic carbocycles. The van der Waals surface area contributed by atoms with E-state index in [1.807, 2.05) is 47.9 Å². The van der Waals surface area contributed by atoms with Gasteiger partial charge < -0.3 is 15.8 Å². The predicted molar refractivity (Wildman–Crippen MR) is 139 cm³/mol. The van der Waals surface area contributed by atoms with Crippen molar-refractivity contribution in [3.63, 3.8) is 0 Å². The lowest BCUT2D eigenvalue weighted by atomic mass is 10.1. The van der Waals surface area contributed by atoms with Crippen LogP contribution in [0.25, 0.3) is 16.0 Å². The van der Waals surface area contributed by atoms with Crippen LogP contribution in [0.1, 0.15) is 33.8 Å². The number of nitrogens with two attached hydrogens (primary N) is 1. The van der Waals surface area contributed by atoms with E-state index in [2.05, 4.69) is 10.3 Å². The zero-order valence-electron chi connectivity index (χ0n) is 19.2. The van der Waals surface area contributed by atoms with Crippen LogP contribution >= 0.6 is 22.9 Å². The molecule has 3 N–H and O–H groups in total. The third-order valence-electron chi connectivity index (χ3n) is 5.38. The summed E-state index contributed by atoms with van der Waals surface area (Å²) in [7, 11) is -3.02. The SMILES string of the molecule is C[C@@H](Oc1cc(-n2cnc3ccc(CNCCS(C)(=O)=O)cc32)sc1C(N)=O)c1ccccc1Cl. The summed E-state index contributed by atoms with van der Waals surface area (Å²) in [5.41, 5.74) is 9.06. The predicted octanol–water partition coefficient (Wildman–Crippen LogP) is 4.11. The van der Waals surface area contributed by atoms with Crippen molar-refractivity contribution >= 4 is 49.7 Å². The minimum atomic E-state index is -3.02. The first kappa shape index (κ1) is 25.2. The Morgan fingerprint density at radius 3 is 2.74 bits per heavy atom. The number of carbonyl (C=O) groups excluding carboxylic acids is 1. The van der Waals surface area contributed by atoms with Gasteiger partial charge in [-0.25, -0.2) is 13.4 Å². The lowest BCUT2D eigenvalue weighted by molar-refractivity contribution is 0.0998. The summed E-state index contributed by atoms with van der Waals surface area (Å²) in [5, 5.41) is 4.45. The van der Waals surface area contributed by atoms with Crippen molar-refractivity contribution in [1.29, 1.82) is 0 Å². The van der Waals surface area contributed by atoms with Crippen LogP contribution in [-0.4, -0.2) is 42.4 Å². The zero-order chi connectivity index (χ0) is 25.2. The van der Waals surface area contributed by atoms with Crippen LogP contribution in [0.2, 0.25) is 5.02 Å². The topological polar surface area (TPSA) is 116 Å². The lowest BCUT2D eigenvalue weighted by Crippen LogP contribution is -2.21. The molecule has 0 saturated heterocycles. The van der Waals surface area contributed by atoms with Crippen molar-refractivity contribution < 1.29 is 17.9 Å². The molecular weight excluding hydrogens is 508 g/mol. The molecule has 0 spiro atoms. The second kappa shape index (κ2) is 10.4. The highest BCUT2D eigenvalue weighted by Gasteiger charge is 2.21. The number of hydrogen-bond acceptors (Lipinski definition) is 7. The molecular formula is C24H25ClN4O4S2. The molecule has 0 aliphatic rings. The number of primary amides is 1. The Labute approximate surface area is 212 Å². The molecule has 0 fully saturated rings. The van der Waals surface area contributed by atoms with E-state index in [0.29, 0.717) is 28.7 Å². The van der Waals surface area contributed by atoms with Gasteiger partial charge in [0.2, 0.25) is 0 Å². The summed E-state index contributed by atoms with van der Waals surface area (Å²) in [5.74, 6) is -0.124. The fourth-order valence-electron chi connectivity index (χ4n) is 3.63. The average Bonchev–Trinajstić information content (AvgIpc) is 3.40. The number of sulfone groups is 1. The van der Waals surface area contributed by atoms with Crippen LogP contribution in [0, 0.1) is 0 Å². The third kappa shape index (κ3) is 6.02. The van der Waals surface area contributed by atoms with Gasteiger partial charge in [-0.2, -0.15) is 0 Å². The van der Waals surface area contributed by atoms with Gasteiger partial charge in [-0.15, -0.1) is 11.3 Å². The Bertz CT molecular complexity index is 1480. The molecule has 0 unspecified atom stereocenters. The molecule has 4 rings (SSSR count).